The Kier molecular flexibility index (Phi) is 6.82. The third-order valence-electron chi connectivity index (χ3n) is 12.4. The zero-order valence-corrected chi connectivity index (χ0v) is 30.4. The SMILES string of the molecule is CC1C=CC=C2C(c3cccc4ccccc34)N=C(n3c4ccccc4c4ccc(-c5ccc6c(c5)C5(C)C=CC=CC5N6c5ccccc5)cc43)NC21. The molecule has 7 aromatic rings. The number of fused-ring (bicyclic) bond motifs is 8. The van der Waals surface area contributed by atoms with Gasteiger partial charge in [-0.15, -0.1) is 0 Å². The fraction of sp³-hybridized carbons (Fsp3) is 0.140. The summed E-state index contributed by atoms with van der Waals surface area (Å²) in [6.45, 7) is 4.69. The molecule has 1 N–H and O–H groups in total. The van der Waals surface area contributed by atoms with Crippen molar-refractivity contribution in [3.05, 3.63) is 193 Å². The fourth-order valence-corrected chi connectivity index (χ4v) is 9.67. The Hall–Kier alpha value is -6.39. The number of nitrogens with zero attached hydrogens (tertiary/aromatic N) is 3. The van der Waals surface area contributed by atoms with Gasteiger partial charge in [0.25, 0.3) is 0 Å². The van der Waals surface area contributed by atoms with E-state index in [0.29, 0.717) is 5.92 Å². The van der Waals surface area contributed by atoms with Crippen molar-refractivity contribution in [3.63, 3.8) is 0 Å². The molecule has 0 saturated carbocycles. The van der Waals surface area contributed by atoms with Crippen molar-refractivity contribution in [1.29, 1.82) is 0 Å². The Morgan fingerprint density at radius 2 is 1.43 bits per heavy atom. The van der Waals surface area contributed by atoms with Gasteiger partial charge in [-0.3, -0.25) is 4.57 Å². The van der Waals surface area contributed by atoms with Crippen LogP contribution in [0.3, 0.4) is 0 Å². The molecule has 11 rings (SSSR count). The minimum atomic E-state index is -0.150. The van der Waals surface area contributed by atoms with E-state index in [9.17, 15) is 0 Å². The van der Waals surface area contributed by atoms with E-state index in [2.05, 4.69) is 205 Å². The Balaban J connectivity index is 1.09. The van der Waals surface area contributed by atoms with Crippen LogP contribution in [0, 0.1) is 5.92 Å². The van der Waals surface area contributed by atoms with Crippen molar-refractivity contribution in [2.24, 2.45) is 10.9 Å². The van der Waals surface area contributed by atoms with Gasteiger partial charge in [-0.1, -0.05) is 147 Å². The third kappa shape index (κ3) is 4.53. The second kappa shape index (κ2) is 11.8. The Bertz CT molecular complexity index is 2810. The molecule has 4 aliphatic rings. The highest BCUT2D eigenvalue weighted by Crippen LogP contribution is 2.52. The molecular formula is C50H40N4. The van der Waals surface area contributed by atoms with E-state index < -0.39 is 0 Å². The number of hydrogen-bond donors (Lipinski definition) is 1. The minimum Gasteiger partial charge on any atom is -0.348 e. The van der Waals surface area contributed by atoms with Crippen LogP contribution in [0.5, 0.6) is 0 Å². The lowest BCUT2D eigenvalue weighted by Gasteiger charge is -2.37. The number of benzene rings is 6. The van der Waals surface area contributed by atoms with Crippen molar-refractivity contribution in [3.8, 4) is 11.1 Å². The molecule has 4 nitrogen and oxygen atoms in total. The van der Waals surface area contributed by atoms with Crippen LogP contribution in [-0.2, 0) is 5.41 Å². The predicted molar refractivity (Wildman–Crippen MR) is 226 cm³/mol. The maximum atomic E-state index is 5.65. The summed E-state index contributed by atoms with van der Waals surface area (Å²) < 4.78 is 2.38. The van der Waals surface area contributed by atoms with E-state index in [1.807, 2.05) is 0 Å². The second-order valence-electron chi connectivity index (χ2n) is 15.4. The van der Waals surface area contributed by atoms with Crippen LogP contribution < -0.4 is 10.2 Å². The summed E-state index contributed by atoms with van der Waals surface area (Å²) in [5.74, 6) is 1.20. The second-order valence-corrected chi connectivity index (χ2v) is 15.4. The van der Waals surface area contributed by atoms with E-state index in [1.165, 1.54) is 60.7 Å². The molecule has 0 amide bonds. The molecule has 54 heavy (non-hydrogen) atoms. The smallest absolute Gasteiger partial charge is 0.204 e. The van der Waals surface area contributed by atoms with Gasteiger partial charge in [-0.25, -0.2) is 4.99 Å². The first-order valence-corrected chi connectivity index (χ1v) is 19.2. The van der Waals surface area contributed by atoms with Crippen LogP contribution in [-0.4, -0.2) is 22.6 Å². The summed E-state index contributed by atoms with van der Waals surface area (Å²) in [6.07, 6.45) is 15.9. The third-order valence-corrected chi connectivity index (χ3v) is 12.4. The highest BCUT2D eigenvalue weighted by atomic mass is 15.3. The molecular weight excluding hydrogens is 657 g/mol. The van der Waals surface area contributed by atoms with Crippen LogP contribution in [0.2, 0.25) is 0 Å². The van der Waals surface area contributed by atoms with Gasteiger partial charge in [0.2, 0.25) is 5.96 Å². The van der Waals surface area contributed by atoms with Gasteiger partial charge < -0.3 is 10.2 Å². The first-order chi connectivity index (χ1) is 26.6. The Labute approximate surface area is 315 Å². The van der Waals surface area contributed by atoms with Crippen LogP contribution in [0.4, 0.5) is 11.4 Å². The summed E-state index contributed by atoms with van der Waals surface area (Å²) in [5, 5.41) is 8.91. The lowest BCUT2D eigenvalue weighted by molar-refractivity contribution is 0.493. The molecule has 0 bridgehead atoms. The molecule has 6 aromatic carbocycles. The molecule has 0 fully saturated rings. The zero-order chi connectivity index (χ0) is 36.0. The predicted octanol–water partition coefficient (Wildman–Crippen LogP) is 11.6. The van der Waals surface area contributed by atoms with Crippen LogP contribution >= 0.6 is 0 Å². The number of aliphatic imine (C=N–C) groups is 1. The van der Waals surface area contributed by atoms with Gasteiger partial charge in [0.05, 0.1) is 23.1 Å². The summed E-state index contributed by atoms with van der Waals surface area (Å²) >= 11 is 0. The molecule has 0 spiro atoms. The summed E-state index contributed by atoms with van der Waals surface area (Å²) in [7, 11) is 0. The van der Waals surface area contributed by atoms with Gasteiger partial charge in [-0.05, 0) is 87.8 Å². The van der Waals surface area contributed by atoms with Crippen molar-refractivity contribution >= 4 is 49.9 Å². The van der Waals surface area contributed by atoms with E-state index in [4.69, 9.17) is 4.99 Å². The lowest BCUT2D eigenvalue weighted by atomic mass is 9.75. The van der Waals surface area contributed by atoms with E-state index in [1.54, 1.807) is 0 Å². The van der Waals surface area contributed by atoms with Crippen LogP contribution in [0.25, 0.3) is 43.7 Å². The molecule has 1 aromatic heterocycles. The zero-order valence-electron chi connectivity index (χ0n) is 30.4. The fourth-order valence-electron chi connectivity index (χ4n) is 9.67. The van der Waals surface area contributed by atoms with Gasteiger partial charge in [0, 0.05) is 27.6 Å². The highest BCUT2D eigenvalue weighted by molar-refractivity contribution is 6.15. The van der Waals surface area contributed by atoms with Crippen LogP contribution in [0.1, 0.15) is 31.0 Å². The number of allylic oxidation sites excluding steroid dienone is 4. The van der Waals surface area contributed by atoms with Gasteiger partial charge in [0.15, 0.2) is 0 Å². The molecule has 3 heterocycles. The molecule has 2 aliphatic heterocycles. The summed E-state index contributed by atoms with van der Waals surface area (Å²) in [4.78, 5) is 8.16. The first-order valence-electron chi connectivity index (χ1n) is 19.2. The van der Waals surface area contributed by atoms with E-state index in [-0.39, 0.29) is 23.5 Å². The van der Waals surface area contributed by atoms with Crippen molar-refractivity contribution in [2.75, 3.05) is 4.90 Å². The standard InChI is InChI=1S/C50H40N4/c1-32-14-12-22-41-47(32)51-49(52-48(41)40-21-13-16-33-15-6-7-19-37(33)40)54-43-23-9-8-20-38(43)39-27-25-35(31-45(39)54)34-26-28-44-42(30-34)50(2)29-11-10-24-46(50)53(44)36-17-4-3-5-18-36/h3-32,46-48H,1-2H3,(H,51,52). The molecule has 4 heteroatoms. The minimum absolute atomic E-state index is 0.111. The molecule has 0 saturated heterocycles. The average molecular weight is 697 g/mol. The van der Waals surface area contributed by atoms with E-state index in [0.717, 1.165) is 17.0 Å². The quantitative estimate of drug-likeness (QED) is 0.199. The molecule has 2 aliphatic carbocycles. The maximum Gasteiger partial charge on any atom is 0.204 e. The van der Waals surface area contributed by atoms with Crippen LogP contribution in [0.15, 0.2) is 187 Å². The molecule has 260 valence electrons. The number of para-hydroxylation sites is 2. The Morgan fingerprint density at radius 1 is 0.667 bits per heavy atom. The highest BCUT2D eigenvalue weighted by Gasteiger charge is 2.46. The Morgan fingerprint density at radius 3 is 2.33 bits per heavy atom. The number of hydrogen-bond acceptors (Lipinski definition) is 3. The van der Waals surface area contributed by atoms with Gasteiger partial charge in [0.1, 0.15) is 6.04 Å². The van der Waals surface area contributed by atoms with Crippen molar-refractivity contribution in [2.45, 2.75) is 37.4 Å². The maximum absolute atomic E-state index is 5.65. The van der Waals surface area contributed by atoms with Crippen molar-refractivity contribution in [1.82, 2.24) is 9.88 Å². The molecule has 5 atom stereocenters. The normalized spacial score (nSPS) is 23.9. The monoisotopic (exact) mass is 696 g/mol. The summed E-state index contributed by atoms with van der Waals surface area (Å²) in [6, 6.07) is 49.2. The number of rotatable bonds is 3. The van der Waals surface area contributed by atoms with Crippen molar-refractivity contribution < 1.29 is 0 Å². The largest absolute Gasteiger partial charge is 0.348 e. The molecule has 0 radical (unpaired) electrons. The average Bonchev–Trinajstić information content (AvgIpc) is 3.69. The first kappa shape index (κ1) is 31.2. The van der Waals surface area contributed by atoms with Gasteiger partial charge in [-0.2, -0.15) is 0 Å². The van der Waals surface area contributed by atoms with E-state index >= 15 is 0 Å². The number of nitrogens with one attached hydrogen (secondary N) is 1. The van der Waals surface area contributed by atoms with Gasteiger partial charge >= 0.3 is 0 Å². The number of anilines is 2. The lowest BCUT2D eigenvalue weighted by Crippen LogP contribution is -2.48. The molecule has 5 unspecified atom stereocenters. The number of aromatic nitrogens is 1. The summed E-state index contributed by atoms with van der Waals surface area (Å²) in [5.41, 5.74) is 11.0. The topological polar surface area (TPSA) is 32.6 Å².